The first kappa shape index (κ1) is 70.2. The number of aryl methyl sites for hydroxylation is 10. The Balaban J connectivity index is 0.000000126. The van der Waals surface area contributed by atoms with E-state index >= 15 is 0 Å². The van der Waals surface area contributed by atoms with Crippen LogP contribution in [-0.2, 0) is 41.7 Å². The molecule has 0 atom stereocenters. The molecule has 5 aromatic heterocycles. The van der Waals surface area contributed by atoms with Crippen LogP contribution in [0.3, 0.4) is 0 Å². The van der Waals surface area contributed by atoms with Crippen molar-refractivity contribution in [2.75, 3.05) is 0 Å². The van der Waals surface area contributed by atoms with Gasteiger partial charge in [0.05, 0.1) is 27.8 Å². The van der Waals surface area contributed by atoms with E-state index in [2.05, 4.69) is 332 Å². The Kier molecular flexibility index (Phi) is 22.2. The summed E-state index contributed by atoms with van der Waals surface area (Å²) in [7, 11) is 10.5. The van der Waals surface area contributed by atoms with E-state index in [1.165, 1.54) is 88.9 Å². The van der Waals surface area contributed by atoms with Crippen molar-refractivity contribution in [1.29, 1.82) is 0 Å². The Morgan fingerprint density at radius 1 is 0.260 bits per heavy atom. The van der Waals surface area contributed by atoms with Crippen LogP contribution in [0.15, 0.2) is 255 Å². The molecule has 0 spiro atoms. The monoisotopic (exact) mass is 1320 g/mol. The number of rotatable bonds is 9. The summed E-state index contributed by atoms with van der Waals surface area (Å²) in [6.07, 6.45) is 11.0. The molecule has 10 nitrogen and oxygen atoms in total. The first-order valence-corrected chi connectivity index (χ1v) is 34.9. The van der Waals surface area contributed by atoms with Crippen molar-refractivity contribution >= 4 is 55.2 Å². The van der Waals surface area contributed by atoms with Crippen LogP contribution in [0.25, 0.3) is 111 Å². The van der Waals surface area contributed by atoms with Crippen LogP contribution >= 0.6 is 0 Å². The van der Waals surface area contributed by atoms with Crippen molar-refractivity contribution in [2.24, 2.45) is 41.2 Å². The summed E-state index contributed by atoms with van der Waals surface area (Å²) >= 11 is 0. The van der Waals surface area contributed by atoms with Gasteiger partial charge in [-0.05, 0) is 146 Å². The van der Waals surface area contributed by atoms with E-state index in [9.17, 15) is 0 Å². The molecule has 15 aromatic rings. The molecule has 0 fully saturated rings. The lowest BCUT2D eigenvalue weighted by atomic mass is 10.0. The van der Waals surface area contributed by atoms with Gasteiger partial charge in [-0.1, -0.05) is 193 Å². The van der Waals surface area contributed by atoms with Gasteiger partial charge in [0.25, 0.3) is 0 Å². The quantitative estimate of drug-likeness (QED) is 0.134. The van der Waals surface area contributed by atoms with Crippen LogP contribution in [-0.4, -0.2) is 24.9 Å². The van der Waals surface area contributed by atoms with Gasteiger partial charge in [0, 0.05) is 30.3 Å². The highest BCUT2D eigenvalue weighted by Gasteiger charge is 2.24. The minimum Gasteiger partial charge on any atom is -0.243 e. The predicted molar refractivity (Wildman–Crippen MR) is 412 cm³/mol. The standard InChI is InChI=1S/C20H23N2.2C19H21N2.2C16H15N2/c1-14(2)12-16-9-7-11-18-20(16)21-13-19(22(18)4)17-10-6-5-8-15(17)3;2*1-13(2)15-10-7-11-17-19(15)20-12-18(21(17)4)16-9-6-5-8-14(16)3;2*1-12-7-3-4-8-13(12)16-11-17-14-9-5-6-10-15(14)18(16)2/h5-11,13-14H,12H2,1-4H3;2*5-13H,1-4H3;2*3-11H,1-2H3/q5*+1. The average Bonchev–Trinajstić information content (AvgIpc) is 0.817. The molecule has 0 saturated heterocycles. The number of benzene rings is 10. The molecule has 100 heavy (non-hydrogen) atoms. The molecule has 10 aromatic carbocycles. The third kappa shape index (κ3) is 15.3. The average molecular weight is 1320 g/mol. The zero-order valence-corrected chi connectivity index (χ0v) is 61.2. The molecule has 15 rings (SSSR count). The van der Waals surface area contributed by atoms with E-state index in [0.29, 0.717) is 17.8 Å². The molecule has 0 amide bonds. The fraction of sp³-hybridized carbons (Fsp3) is 0.222. The largest absolute Gasteiger partial charge is 0.243 e. The van der Waals surface area contributed by atoms with Crippen LogP contribution in [0.4, 0.5) is 0 Å². The number of nitrogens with zero attached hydrogens (tertiary/aromatic N) is 10. The maximum Gasteiger partial charge on any atom is 0.231 e. The molecule has 0 bridgehead atoms. The van der Waals surface area contributed by atoms with Crippen molar-refractivity contribution in [3.05, 3.63) is 300 Å². The summed E-state index contributed by atoms with van der Waals surface area (Å²) in [5, 5.41) is 0. The molecule has 0 unspecified atom stereocenters. The van der Waals surface area contributed by atoms with Crippen molar-refractivity contribution in [1.82, 2.24) is 24.9 Å². The lowest BCUT2D eigenvalue weighted by Gasteiger charge is -2.10. The number of aromatic nitrogens is 10. The Morgan fingerprint density at radius 3 is 0.820 bits per heavy atom. The van der Waals surface area contributed by atoms with Crippen LogP contribution in [0, 0.1) is 40.5 Å². The number of para-hydroxylation sites is 7. The van der Waals surface area contributed by atoms with Gasteiger partial charge < -0.3 is 0 Å². The van der Waals surface area contributed by atoms with E-state index in [1.807, 2.05) is 67.4 Å². The maximum absolute atomic E-state index is 4.79. The summed E-state index contributed by atoms with van der Waals surface area (Å²) in [5.41, 5.74) is 33.5. The van der Waals surface area contributed by atoms with Gasteiger partial charge in [-0.15, -0.1) is 0 Å². The Morgan fingerprint density at radius 2 is 0.510 bits per heavy atom. The number of hydrogen-bond acceptors (Lipinski definition) is 5. The van der Waals surface area contributed by atoms with Crippen LogP contribution in [0.5, 0.6) is 0 Å². The third-order valence-electron chi connectivity index (χ3n) is 19.1. The molecule has 0 aliphatic heterocycles. The van der Waals surface area contributed by atoms with Crippen LogP contribution in [0.2, 0.25) is 0 Å². The van der Waals surface area contributed by atoms with Crippen molar-refractivity contribution < 1.29 is 22.8 Å². The highest BCUT2D eigenvalue weighted by molar-refractivity contribution is 5.80. The summed E-state index contributed by atoms with van der Waals surface area (Å²) in [6.45, 7) is 24.0. The highest BCUT2D eigenvalue weighted by atomic mass is 15.0. The van der Waals surface area contributed by atoms with E-state index in [4.69, 9.17) is 15.0 Å². The normalized spacial score (nSPS) is 11.1. The minimum absolute atomic E-state index is 0.477. The van der Waals surface area contributed by atoms with Crippen LogP contribution < -0.4 is 22.8 Å². The predicted octanol–water partition coefficient (Wildman–Crippen LogP) is 18.6. The van der Waals surface area contributed by atoms with E-state index in [-0.39, 0.29) is 0 Å². The molecule has 5 heterocycles. The lowest BCUT2D eigenvalue weighted by Crippen LogP contribution is -2.33. The second-order valence-corrected chi connectivity index (χ2v) is 27.2. The smallest absolute Gasteiger partial charge is 0.231 e. The first-order chi connectivity index (χ1) is 48.3. The molecular weight excluding hydrogens is 1220 g/mol. The molecule has 500 valence electrons. The molecule has 0 saturated carbocycles. The summed E-state index contributed by atoms with van der Waals surface area (Å²) < 4.78 is 11.1. The summed E-state index contributed by atoms with van der Waals surface area (Å²) in [6, 6.07) is 78.0. The molecule has 0 aliphatic rings. The molecular formula is C90H95N10+5. The van der Waals surface area contributed by atoms with E-state index in [0.717, 1.165) is 73.5 Å². The number of fused-ring (bicyclic) bond motifs is 5. The molecule has 0 N–H and O–H groups in total. The maximum atomic E-state index is 4.79. The molecule has 10 heteroatoms. The molecule has 0 radical (unpaired) electrons. The summed E-state index contributed by atoms with van der Waals surface area (Å²) in [4.78, 5) is 23.4. The molecule has 0 aliphatic carbocycles. The summed E-state index contributed by atoms with van der Waals surface area (Å²) in [5.74, 6) is 1.59. The van der Waals surface area contributed by atoms with Gasteiger partial charge >= 0.3 is 0 Å². The van der Waals surface area contributed by atoms with Gasteiger partial charge in [0.2, 0.25) is 56.1 Å². The fourth-order valence-corrected chi connectivity index (χ4v) is 13.4. The van der Waals surface area contributed by atoms with Gasteiger partial charge in [-0.3, -0.25) is 0 Å². The van der Waals surface area contributed by atoms with Crippen molar-refractivity contribution in [2.45, 2.75) is 94.4 Å². The van der Waals surface area contributed by atoms with Crippen molar-refractivity contribution in [3.8, 4) is 56.3 Å². The van der Waals surface area contributed by atoms with E-state index in [1.54, 1.807) is 0 Å². The van der Waals surface area contributed by atoms with Gasteiger partial charge in [0.1, 0.15) is 93.8 Å². The Hall–Kier alpha value is -11.1. The van der Waals surface area contributed by atoms with E-state index < -0.39 is 0 Å². The minimum atomic E-state index is 0.477. The van der Waals surface area contributed by atoms with Gasteiger partial charge in [-0.25, -0.2) is 24.9 Å². The topological polar surface area (TPSA) is 83.8 Å². The highest BCUT2D eigenvalue weighted by Crippen LogP contribution is 2.30. The lowest BCUT2D eigenvalue weighted by molar-refractivity contribution is -0.634. The Labute approximate surface area is 591 Å². The van der Waals surface area contributed by atoms with Crippen molar-refractivity contribution in [3.63, 3.8) is 0 Å². The second-order valence-electron chi connectivity index (χ2n) is 27.2. The third-order valence-corrected chi connectivity index (χ3v) is 19.1. The van der Waals surface area contributed by atoms with Gasteiger partial charge in [-0.2, -0.15) is 22.8 Å². The zero-order valence-electron chi connectivity index (χ0n) is 61.2. The second kappa shape index (κ2) is 31.6. The van der Waals surface area contributed by atoms with Gasteiger partial charge in [0.15, 0.2) is 0 Å². The Bertz CT molecular complexity index is 5150. The SMILES string of the molecule is Cc1ccccc1-c1cnc2c(C(C)C)cccc2[n+]1C.Cc1ccccc1-c1cnc2c(C(C)C)cccc2[n+]1C.Cc1ccccc1-c1cnc2c(CC(C)C)cccc2[n+]1C.Cc1ccccc1-c1cnc2ccccc2[n+]1C.Cc1ccccc1-c1cnc2ccccc2[n+]1C. The zero-order chi connectivity index (χ0) is 70.7. The fourth-order valence-electron chi connectivity index (χ4n) is 13.4. The van der Waals surface area contributed by atoms with Crippen LogP contribution in [0.1, 0.15) is 97.9 Å². The first-order valence-electron chi connectivity index (χ1n) is 34.9. The number of hydrogen-bond donors (Lipinski definition) is 0.